The highest BCUT2D eigenvalue weighted by Gasteiger charge is 2.09. The molecule has 102 valence electrons. The third-order valence-corrected chi connectivity index (χ3v) is 3.66. The van der Waals surface area contributed by atoms with Gasteiger partial charge in [0.25, 0.3) is 5.56 Å². The van der Waals surface area contributed by atoms with Gasteiger partial charge in [0.05, 0.1) is 23.1 Å². The third kappa shape index (κ3) is 2.08. The molecule has 6 heteroatoms. The topological polar surface area (TPSA) is 55.6 Å². The Morgan fingerprint density at radius 3 is 2.80 bits per heavy atom. The lowest BCUT2D eigenvalue weighted by atomic mass is 10.2. The molecule has 0 aliphatic carbocycles. The molecule has 1 N–H and O–H groups in total. The predicted molar refractivity (Wildman–Crippen MR) is 80.4 cm³/mol. The number of benzene rings is 1. The zero-order valence-electron chi connectivity index (χ0n) is 11.3. The number of aryl methyl sites for hydroxylation is 2. The van der Waals surface area contributed by atoms with Crippen LogP contribution in [0.3, 0.4) is 0 Å². The molecule has 2 aromatic heterocycles. The van der Waals surface area contributed by atoms with Gasteiger partial charge in [0.2, 0.25) is 0 Å². The van der Waals surface area contributed by atoms with Gasteiger partial charge < -0.3 is 4.98 Å². The van der Waals surface area contributed by atoms with Crippen LogP contribution in [0.2, 0.25) is 0 Å². The van der Waals surface area contributed by atoms with Crippen LogP contribution in [0.4, 0.5) is 0 Å². The summed E-state index contributed by atoms with van der Waals surface area (Å²) >= 11 is 5.30. The van der Waals surface area contributed by atoms with E-state index in [1.165, 1.54) is 0 Å². The Bertz CT molecular complexity index is 903. The highest BCUT2D eigenvalue weighted by Crippen LogP contribution is 2.09. The number of aromatic nitrogens is 4. The molecule has 3 aromatic rings. The molecule has 0 amide bonds. The molecule has 0 saturated carbocycles. The van der Waals surface area contributed by atoms with Crippen LogP contribution >= 0.6 is 12.2 Å². The Kier molecular flexibility index (Phi) is 3.02. The van der Waals surface area contributed by atoms with Crippen LogP contribution < -0.4 is 5.56 Å². The molecule has 20 heavy (non-hydrogen) atoms. The van der Waals surface area contributed by atoms with E-state index in [2.05, 4.69) is 10.1 Å². The Balaban J connectivity index is 2.19. The Morgan fingerprint density at radius 2 is 2.10 bits per heavy atom. The van der Waals surface area contributed by atoms with Crippen LogP contribution in [0.25, 0.3) is 10.9 Å². The van der Waals surface area contributed by atoms with Crippen molar-refractivity contribution in [2.45, 2.75) is 13.5 Å². The molecule has 0 atom stereocenters. The van der Waals surface area contributed by atoms with Crippen molar-refractivity contribution in [1.29, 1.82) is 0 Å². The van der Waals surface area contributed by atoms with E-state index < -0.39 is 0 Å². The number of aromatic amines is 1. The lowest BCUT2D eigenvalue weighted by Crippen LogP contribution is -2.22. The number of nitrogens with zero attached hydrogens (tertiary/aromatic N) is 3. The van der Waals surface area contributed by atoms with Gasteiger partial charge >= 0.3 is 0 Å². The molecular weight excluding hydrogens is 272 g/mol. The van der Waals surface area contributed by atoms with E-state index in [4.69, 9.17) is 12.2 Å². The quantitative estimate of drug-likeness (QED) is 0.734. The normalized spacial score (nSPS) is 11.1. The first-order chi connectivity index (χ1) is 9.56. The summed E-state index contributed by atoms with van der Waals surface area (Å²) in [5.41, 5.74) is 2.58. The number of fused-ring (bicyclic) bond motifs is 1. The molecule has 0 aliphatic heterocycles. The van der Waals surface area contributed by atoms with Gasteiger partial charge in [0.15, 0.2) is 4.77 Å². The highest BCUT2D eigenvalue weighted by atomic mass is 32.1. The average molecular weight is 286 g/mol. The van der Waals surface area contributed by atoms with Crippen LogP contribution in [0.5, 0.6) is 0 Å². The molecule has 1 aromatic carbocycles. The van der Waals surface area contributed by atoms with Crippen molar-refractivity contribution in [2.24, 2.45) is 7.05 Å². The maximum Gasteiger partial charge on any atom is 0.262 e. The molecular formula is C14H14N4OS. The summed E-state index contributed by atoms with van der Waals surface area (Å²) in [6, 6.07) is 7.38. The number of rotatable bonds is 2. The fourth-order valence-corrected chi connectivity index (χ4v) is 2.57. The second-order valence-corrected chi connectivity index (χ2v) is 5.17. The smallest absolute Gasteiger partial charge is 0.262 e. The minimum atomic E-state index is -0.0763. The summed E-state index contributed by atoms with van der Waals surface area (Å²) in [4.78, 5) is 15.6. The van der Waals surface area contributed by atoms with Crippen LogP contribution in [0.1, 0.15) is 11.3 Å². The Morgan fingerprint density at radius 1 is 1.35 bits per heavy atom. The van der Waals surface area contributed by atoms with Crippen molar-refractivity contribution in [2.75, 3.05) is 0 Å². The Labute approximate surface area is 120 Å². The lowest BCUT2D eigenvalue weighted by molar-refractivity contribution is 0.729. The Hall–Kier alpha value is -2.21. The van der Waals surface area contributed by atoms with Crippen molar-refractivity contribution in [3.05, 3.63) is 56.8 Å². The average Bonchev–Trinajstić information content (AvgIpc) is 2.73. The zero-order chi connectivity index (χ0) is 14.3. The number of nitrogens with one attached hydrogen (secondary N) is 1. The van der Waals surface area contributed by atoms with Gasteiger partial charge in [0, 0.05) is 18.8 Å². The lowest BCUT2D eigenvalue weighted by Gasteiger charge is -2.07. The number of hydrogen-bond donors (Lipinski definition) is 1. The fraction of sp³-hybridized carbons (Fsp3) is 0.214. The van der Waals surface area contributed by atoms with Crippen molar-refractivity contribution in [1.82, 2.24) is 19.3 Å². The van der Waals surface area contributed by atoms with Crippen molar-refractivity contribution >= 4 is 23.1 Å². The molecule has 0 unspecified atom stereocenters. The van der Waals surface area contributed by atoms with Gasteiger partial charge in [-0.1, -0.05) is 12.1 Å². The van der Waals surface area contributed by atoms with E-state index in [9.17, 15) is 4.79 Å². The molecule has 0 saturated heterocycles. The van der Waals surface area contributed by atoms with Crippen LogP contribution in [0, 0.1) is 11.7 Å². The SMILES string of the molecule is Cc1nn(C)cc1Cn1c(=S)[nH]c2ccccc2c1=O. The largest absolute Gasteiger partial charge is 0.332 e. The molecule has 0 aliphatic rings. The zero-order valence-corrected chi connectivity index (χ0v) is 12.1. The number of para-hydroxylation sites is 1. The maximum atomic E-state index is 12.5. The summed E-state index contributed by atoms with van der Waals surface area (Å²) in [5, 5.41) is 4.93. The van der Waals surface area contributed by atoms with Crippen LogP contribution in [-0.2, 0) is 13.6 Å². The first kappa shape index (κ1) is 12.8. The summed E-state index contributed by atoms with van der Waals surface area (Å²) in [5.74, 6) is 0. The second-order valence-electron chi connectivity index (χ2n) is 4.78. The van der Waals surface area contributed by atoms with E-state index in [0.29, 0.717) is 16.7 Å². The van der Waals surface area contributed by atoms with Crippen LogP contribution in [0.15, 0.2) is 35.3 Å². The third-order valence-electron chi connectivity index (χ3n) is 3.33. The molecule has 5 nitrogen and oxygen atoms in total. The second kappa shape index (κ2) is 4.72. The summed E-state index contributed by atoms with van der Waals surface area (Å²) in [6.45, 7) is 2.35. The van der Waals surface area contributed by atoms with Crippen molar-refractivity contribution in [3.63, 3.8) is 0 Å². The first-order valence-electron chi connectivity index (χ1n) is 6.27. The summed E-state index contributed by atoms with van der Waals surface area (Å²) in [6.07, 6.45) is 1.91. The monoisotopic (exact) mass is 286 g/mol. The van der Waals surface area contributed by atoms with Gasteiger partial charge in [-0.15, -0.1) is 0 Å². The molecule has 0 fully saturated rings. The van der Waals surface area contributed by atoms with Gasteiger partial charge in [-0.05, 0) is 31.3 Å². The highest BCUT2D eigenvalue weighted by molar-refractivity contribution is 7.71. The van der Waals surface area contributed by atoms with E-state index in [1.807, 2.05) is 38.4 Å². The minimum absolute atomic E-state index is 0.0763. The maximum absolute atomic E-state index is 12.5. The molecule has 0 bridgehead atoms. The predicted octanol–water partition coefficient (Wildman–Crippen LogP) is 2.15. The summed E-state index contributed by atoms with van der Waals surface area (Å²) in [7, 11) is 1.86. The molecule has 3 rings (SSSR count). The van der Waals surface area contributed by atoms with E-state index in [1.54, 1.807) is 15.3 Å². The van der Waals surface area contributed by atoms with Crippen LogP contribution in [-0.4, -0.2) is 19.3 Å². The number of hydrogen-bond acceptors (Lipinski definition) is 3. The van der Waals surface area contributed by atoms with Gasteiger partial charge in [-0.2, -0.15) is 5.10 Å². The molecule has 0 radical (unpaired) electrons. The molecule has 2 heterocycles. The molecule has 0 spiro atoms. The van der Waals surface area contributed by atoms with Gasteiger partial charge in [-0.3, -0.25) is 14.0 Å². The van der Waals surface area contributed by atoms with E-state index >= 15 is 0 Å². The fourth-order valence-electron chi connectivity index (χ4n) is 2.32. The standard InChI is InChI=1S/C14H14N4OS/c1-9-10(7-17(2)16-9)8-18-13(19)11-5-3-4-6-12(11)15-14(18)20/h3-7H,8H2,1-2H3,(H,15,20). The van der Waals surface area contributed by atoms with Crippen molar-refractivity contribution in [3.8, 4) is 0 Å². The van der Waals surface area contributed by atoms with E-state index in [-0.39, 0.29) is 5.56 Å². The number of H-pyrrole nitrogens is 1. The van der Waals surface area contributed by atoms with E-state index in [0.717, 1.165) is 16.8 Å². The minimum Gasteiger partial charge on any atom is -0.332 e. The van der Waals surface area contributed by atoms with Gasteiger partial charge in [0.1, 0.15) is 0 Å². The summed E-state index contributed by atoms with van der Waals surface area (Å²) < 4.78 is 3.74. The first-order valence-corrected chi connectivity index (χ1v) is 6.68. The van der Waals surface area contributed by atoms with Gasteiger partial charge in [-0.25, -0.2) is 0 Å². The van der Waals surface area contributed by atoms with Crippen molar-refractivity contribution < 1.29 is 0 Å².